The molecule has 0 saturated carbocycles. The Morgan fingerprint density at radius 1 is 1.06 bits per heavy atom. The van der Waals surface area contributed by atoms with Crippen molar-refractivity contribution >= 4 is 23.5 Å². The lowest BCUT2D eigenvalue weighted by Gasteiger charge is -2.37. The first-order valence-corrected chi connectivity index (χ1v) is 11.1. The number of hydrogen-bond acceptors (Lipinski definition) is 9. The van der Waals surface area contributed by atoms with Gasteiger partial charge in [0.2, 0.25) is 0 Å². The molecule has 4 rings (SSSR count). The number of aromatic nitrogens is 4. The second kappa shape index (κ2) is 9.94. The van der Waals surface area contributed by atoms with E-state index >= 15 is 0 Å². The quantitative estimate of drug-likeness (QED) is 0.477. The van der Waals surface area contributed by atoms with Crippen molar-refractivity contribution in [3.05, 3.63) is 41.3 Å². The van der Waals surface area contributed by atoms with Crippen LogP contribution in [0, 0.1) is 6.92 Å². The third-order valence-corrected chi connectivity index (χ3v) is 5.84. The lowest BCUT2D eigenvalue weighted by Crippen LogP contribution is -2.49. The normalized spacial score (nSPS) is 13.8. The number of anilines is 1. The second-order valence-electron chi connectivity index (χ2n) is 7.77. The van der Waals surface area contributed by atoms with Crippen LogP contribution in [-0.2, 0) is 16.0 Å². The first kappa shape index (κ1) is 23.3. The van der Waals surface area contributed by atoms with Crippen molar-refractivity contribution in [2.75, 3.05) is 51.9 Å². The summed E-state index contributed by atoms with van der Waals surface area (Å²) in [6, 6.07) is 5.27. The zero-order valence-corrected chi connectivity index (χ0v) is 19.8. The number of ether oxygens (including phenoxy) is 3. The van der Waals surface area contributed by atoms with Gasteiger partial charge in [0.1, 0.15) is 29.2 Å². The molecule has 1 amide bonds. The van der Waals surface area contributed by atoms with Gasteiger partial charge in [-0.15, -0.1) is 0 Å². The molecule has 1 aliphatic rings. The lowest BCUT2D eigenvalue weighted by atomic mass is 10.1. The van der Waals surface area contributed by atoms with Gasteiger partial charge in [-0.1, -0.05) is 6.07 Å². The SMILES string of the molecule is CCOC(=O)Cc1c(C)nc2ncnn2c1N1CCN(C(=O)c2c(OC)cccc2OC)CC1. The van der Waals surface area contributed by atoms with Crippen LogP contribution in [0.4, 0.5) is 5.82 Å². The van der Waals surface area contributed by atoms with E-state index in [9.17, 15) is 9.59 Å². The number of hydrogen-bond donors (Lipinski definition) is 0. The molecule has 0 aliphatic carbocycles. The van der Waals surface area contributed by atoms with E-state index in [4.69, 9.17) is 14.2 Å². The van der Waals surface area contributed by atoms with Crippen LogP contribution in [0.15, 0.2) is 24.5 Å². The van der Waals surface area contributed by atoms with Gasteiger partial charge in [-0.25, -0.2) is 4.98 Å². The highest BCUT2D eigenvalue weighted by atomic mass is 16.5. The highest BCUT2D eigenvalue weighted by molar-refractivity contribution is 6.00. The molecule has 0 atom stereocenters. The summed E-state index contributed by atoms with van der Waals surface area (Å²) in [5.74, 6) is 1.66. The number of fused-ring (bicyclic) bond motifs is 1. The van der Waals surface area contributed by atoms with Crippen LogP contribution in [0.25, 0.3) is 5.78 Å². The fourth-order valence-electron chi connectivity index (χ4n) is 4.20. The third-order valence-electron chi connectivity index (χ3n) is 5.84. The maximum Gasteiger partial charge on any atom is 0.310 e. The smallest absolute Gasteiger partial charge is 0.310 e. The van der Waals surface area contributed by atoms with E-state index in [1.807, 2.05) is 6.92 Å². The molecule has 0 bridgehead atoms. The van der Waals surface area contributed by atoms with Crippen LogP contribution in [0.2, 0.25) is 0 Å². The molecular weight excluding hydrogens is 440 g/mol. The summed E-state index contributed by atoms with van der Waals surface area (Å²) in [6.45, 7) is 5.94. The Morgan fingerprint density at radius 3 is 2.35 bits per heavy atom. The Kier molecular flexibility index (Phi) is 6.80. The first-order chi connectivity index (χ1) is 16.5. The first-order valence-electron chi connectivity index (χ1n) is 11.1. The number of benzene rings is 1. The van der Waals surface area contributed by atoms with Crippen molar-refractivity contribution in [2.45, 2.75) is 20.3 Å². The predicted molar refractivity (Wildman–Crippen MR) is 124 cm³/mol. The standard InChI is InChI=1S/C23H28N6O5/c1-5-34-19(30)13-16-15(2)26-23-24-14-25-29(23)21(16)27-9-11-28(12-10-27)22(31)20-17(32-3)7-6-8-18(20)33-4/h6-8,14H,5,9-13H2,1-4H3. The third kappa shape index (κ3) is 4.33. The Bertz CT molecular complexity index is 1180. The van der Waals surface area contributed by atoms with Crippen molar-refractivity contribution < 1.29 is 23.8 Å². The molecule has 1 aromatic carbocycles. The van der Waals surface area contributed by atoms with Gasteiger partial charge in [0.05, 0.1) is 27.2 Å². The summed E-state index contributed by atoms with van der Waals surface area (Å²) in [6.07, 6.45) is 1.52. The molecule has 11 heteroatoms. The van der Waals surface area contributed by atoms with Crippen LogP contribution in [0.5, 0.6) is 11.5 Å². The number of carbonyl (C=O) groups is 2. The van der Waals surface area contributed by atoms with Crippen LogP contribution in [-0.4, -0.2) is 83.4 Å². The number of aryl methyl sites for hydroxylation is 1. The molecule has 180 valence electrons. The Morgan fingerprint density at radius 2 is 1.74 bits per heavy atom. The summed E-state index contributed by atoms with van der Waals surface area (Å²) < 4.78 is 17.6. The van der Waals surface area contributed by atoms with Gasteiger partial charge >= 0.3 is 5.97 Å². The average Bonchev–Trinajstić information content (AvgIpc) is 3.31. The van der Waals surface area contributed by atoms with Gasteiger partial charge < -0.3 is 24.0 Å². The topological polar surface area (TPSA) is 111 Å². The lowest BCUT2D eigenvalue weighted by molar-refractivity contribution is -0.142. The maximum absolute atomic E-state index is 13.4. The predicted octanol–water partition coefficient (Wildman–Crippen LogP) is 1.52. The van der Waals surface area contributed by atoms with Gasteiger partial charge in [0, 0.05) is 37.4 Å². The van der Waals surface area contributed by atoms with E-state index in [-0.39, 0.29) is 18.3 Å². The molecule has 1 fully saturated rings. The van der Waals surface area contributed by atoms with Crippen molar-refractivity contribution in [3.8, 4) is 11.5 Å². The second-order valence-corrected chi connectivity index (χ2v) is 7.77. The van der Waals surface area contributed by atoms with Crippen molar-refractivity contribution in [2.24, 2.45) is 0 Å². The minimum absolute atomic E-state index is 0.0787. The minimum Gasteiger partial charge on any atom is -0.496 e. The van der Waals surface area contributed by atoms with Crippen LogP contribution >= 0.6 is 0 Å². The van der Waals surface area contributed by atoms with E-state index in [0.717, 1.165) is 11.4 Å². The van der Waals surface area contributed by atoms with E-state index in [0.29, 0.717) is 61.3 Å². The summed E-state index contributed by atoms with van der Waals surface area (Å²) in [5, 5.41) is 4.33. The minimum atomic E-state index is -0.329. The van der Waals surface area contributed by atoms with Crippen LogP contribution in [0.3, 0.4) is 0 Å². The van der Waals surface area contributed by atoms with Crippen molar-refractivity contribution in [1.29, 1.82) is 0 Å². The van der Waals surface area contributed by atoms with E-state index in [1.165, 1.54) is 20.5 Å². The summed E-state index contributed by atoms with van der Waals surface area (Å²) >= 11 is 0. The number of carbonyl (C=O) groups excluding carboxylic acids is 2. The molecule has 1 saturated heterocycles. The molecule has 3 heterocycles. The van der Waals surface area contributed by atoms with Gasteiger partial charge in [-0.05, 0) is 26.0 Å². The fraction of sp³-hybridized carbons (Fsp3) is 0.435. The van der Waals surface area contributed by atoms with E-state index in [1.54, 1.807) is 34.5 Å². The molecule has 34 heavy (non-hydrogen) atoms. The summed E-state index contributed by atoms with van der Waals surface area (Å²) in [7, 11) is 3.06. The number of amides is 1. The molecule has 3 aromatic rings. The van der Waals surface area contributed by atoms with Crippen LogP contribution < -0.4 is 14.4 Å². The maximum atomic E-state index is 13.4. The van der Waals surface area contributed by atoms with Gasteiger partial charge in [0.25, 0.3) is 11.7 Å². The molecule has 2 aromatic heterocycles. The van der Waals surface area contributed by atoms with Gasteiger partial charge in [-0.3, -0.25) is 9.59 Å². The Labute approximate surface area is 197 Å². The largest absolute Gasteiger partial charge is 0.496 e. The fourth-order valence-corrected chi connectivity index (χ4v) is 4.20. The zero-order valence-electron chi connectivity index (χ0n) is 19.8. The monoisotopic (exact) mass is 468 g/mol. The highest BCUT2D eigenvalue weighted by Crippen LogP contribution is 2.31. The Balaban J connectivity index is 1.61. The van der Waals surface area contributed by atoms with Crippen molar-refractivity contribution in [3.63, 3.8) is 0 Å². The molecule has 11 nitrogen and oxygen atoms in total. The number of rotatable bonds is 7. The van der Waals surface area contributed by atoms with E-state index < -0.39 is 0 Å². The number of nitrogens with zero attached hydrogens (tertiary/aromatic N) is 6. The zero-order chi connectivity index (χ0) is 24.2. The molecule has 0 unspecified atom stereocenters. The summed E-state index contributed by atoms with van der Waals surface area (Å²) in [4.78, 5) is 38.2. The average molecular weight is 469 g/mol. The number of piperazine rings is 1. The van der Waals surface area contributed by atoms with Gasteiger partial charge in [-0.2, -0.15) is 14.6 Å². The molecule has 0 spiro atoms. The van der Waals surface area contributed by atoms with Crippen molar-refractivity contribution in [1.82, 2.24) is 24.5 Å². The summed E-state index contributed by atoms with van der Waals surface area (Å²) in [5.41, 5.74) is 1.84. The number of esters is 1. The highest BCUT2D eigenvalue weighted by Gasteiger charge is 2.30. The molecular formula is C23H28N6O5. The Hall–Kier alpha value is -3.89. The molecule has 0 N–H and O–H groups in total. The van der Waals surface area contributed by atoms with E-state index in [2.05, 4.69) is 20.0 Å². The van der Waals surface area contributed by atoms with Crippen LogP contribution in [0.1, 0.15) is 28.5 Å². The number of methoxy groups -OCH3 is 2. The molecule has 1 aliphatic heterocycles. The molecule has 0 radical (unpaired) electrons. The van der Waals surface area contributed by atoms with Gasteiger partial charge in [0.15, 0.2) is 0 Å².